The Hall–Kier alpha value is -1.01. The number of hydrogen-bond acceptors (Lipinski definition) is 5. The number of methoxy groups -OCH3 is 1. The summed E-state index contributed by atoms with van der Waals surface area (Å²) in [5, 5.41) is -0.594. The summed E-state index contributed by atoms with van der Waals surface area (Å²) in [6.07, 6.45) is 4.93. The highest BCUT2D eigenvalue weighted by Gasteiger charge is 2.40. The Morgan fingerprint density at radius 3 is 2.62 bits per heavy atom. The maximum Gasteiger partial charge on any atom is 0.247 e. The molecule has 0 amide bonds. The predicted octanol–water partition coefficient (Wildman–Crippen LogP) is 0.818. The van der Waals surface area contributed by atoms with Crippen molar-refractivity contribution in [2.75, 3.05) is 7.11 Å². The number of ether oxygens (including phenoxy) is 1. The average Bonchev–Trinajstić information content (AvgIpc) is 2.79. The lowest BCUT2D eigenvalue weighted by molar-refractivity contribution is 0.111. The van der Waals surface area contributed by atoms with Gasteiger partial charge in [-0.15, -0.1) is 0 Å². The Morgan fingerprint density at radius 2 is 2.00 bits per heavy atom. The number of sulfone groups is 1. The van der Waals surface area contributed by atoms with Crippen molar-refractivity contribution in [2.24, 2.45) is 0 Å². The Morgan fingerprint density at radius 1 is 1.31 bits per heavy atom. The van der Waals surface area contributed by atoms with Crippen molar-refractivity contribution >= 4 is 9.84 Å². The second kappa shape index (κ2) is 4.47. The van der Waals surface area contributed by atoms with Crippen molar-refractivity contribution in [3.05, 3.63) is 18.5 Å². The number of hydrogen-bond donors (Lipinski definition) is 0. The summed E-state index contributed by atoms with van der Waals surface area (Å²) in [5.41, 5.74) is 0. The topological polar surface area (TPSA) is 69.2 Å². The molecule has 2 rings (SSSR count). The predicted molar refractivity (Wildman–Crippen MR) is 57.7 cm³/mol. The van der Waals surface area contributed by atoms with Crippen LogP contribution in [0.25, 0.3) is 0 Å². The summed E-state index contributed by atoms with van der Waals surface area (Å²) in [6, 6.07) is 1.60. The van der Waals surface area contributed by atoms with Crippen molar-refractivity contribution in [3.63, 3.8) is 0 Å². The molecule has 88 valence electrons. The van der Waals surface area contributed by atoms with E-state index in [4.69, 9.17) is 4.74 Å². The summed E-state index contributed by atoms with van der Waals surface area (Å²) >= 11 is 0. The molecule has 1 saturated carbocycles. The summed E-state index contributed by atoms with van der Waals surface area (Å²) in [5.74, 6) is 0. The first-order valence-corrected chi connectivity index (χ1v) is 6.74. The van der Waals surface area contributed by atoms with Crippen LogP contribution in [0.2, 0.25) is 0 Å². The molecule has 0 aliphatic heterocycles. The van der Waals surface area contributed by atoms with Gasteiger partial charge >= 0.3 is 0 Å². The molecule has 0 aromatic carbocycles. The zero-order valence-electron chi connectivity index (χ0n) is 9.04. The third kappa shape index (κ3) is 1.94. The van der Waals surface area contributed by atoms with E-state index in [0.717, 1.165) is 12.8 Å². The fourth-order valence-corrected chi connectivity index (χ4v) is 3.89. The van der Waals surface area contributed by atoms with Crippen LogP contribution in [-0.2, 0) is 14.6 Å². The molecular formula is C10H14N2O3S. The van der Waals surface area contributed by atoms with Gasteiger partial charge in [-0.05, 0) is 25.3 Å². The van der Waals surface area contributed by atoms with Gasteiger partial charge in [0.05, 0.1) is 11.4 Å². The molecule has 2 unspecified atom stereocenters. The van der Waals surface area contributed by atoms with Crippen LogP contribution in [0.3, 0.4) is 0 Å². The van der Waals surface area contributed by atoms with Crippen LogP contribution in [0.4, 0.5) is 0 Å². The number of aromatic nitrogens is 2. The summed E-state index contributed by atoms with van der Waals surface area (Å²) in [7, 11) is -1.90. The molecule has 1 aromatic heterocycles. The van der Waals surface area contributed by atoms with Crippen molar-refractivity contribution in [1.29, 1.82) is 0 Å². The Kier molecular flexibility index (Phi) is 3.20. The minimum atomic E-state index is -3.45. The van der Waals surface area contributed by atoms with E-state index >= 15 is 0 Å². The van der Waals surface area contributed by atoms with Crippen LogP contribution in [0.15, 0.2) is 23.6 Å². The minimum Gasteiger partial charge on any atom is -0.380 e. The van der Waals surface area contributed by atoms with E-state index in [0.29, 0.717) is 6.42 Å². The summed E-state index contributed by atoms with van der Waals surface area (Å²) in [4.78, 5) is 7.62. The zero-order valence-corrected chi connectivity index (χ0v) is 9.85. The average molecular weight is 242 g/mol. The highest BCUT2D eigenvalue weighted by atomic mass is 32.2. The van der Waals surface area contributed by atoms with E-state index in [2.05, 4.69) is 9.97 Å². The first kappa shape index (κ1) is 11.5. The Bertz CT molecular complexity index is 446. The first-order valence-electron chi connectivity index (χ1n) is 5.20. The Balaban J connectivity index is 2.33. The lowest BCUT2D eigenvalue weighted by Gasteiger charge is -2.17. The highest BCUT2D eigenvalue weighted by Crippen LogP contribution is 2.30. The van der Waals surface area contributed by atoms with Crippen LogP contribution in [0, 0.1) is 0 Å². The SMILES string of the molecule is COC1CCCC1S(=O)(=O)c1ncccn1. The lowest BCUT2D eigenvalue weighted by atomic mass is 10.3. The maximum absolute atomic E-state index is 12.2. The molecule has 0 saturated heterocycles. The van der Waals surface area contributed by atoms with E-state index in [-0.39, 0.29) is 11.3 Å². The van der Waals surface area contributed by atoms with Crippen LogP contribution in [-0.4, -0.2) is 36.8 Å². The summed E-state index contributed by atoms with van der Waals surface area (Å²) < 4.78 is 29.6. The van der Waals surface area contributed by atoms with Gasteiger partial charge in [-0.1, -0.05) is 0 Å². The standard InChI is InChI=1S/C10H14N2O3S/c1-15-8-4-2-5-9(8)16(13,14)10-11-6-3-7-12-10/h3,6-9H,2,4-5H2,1H3. The van der Waals surface area contributed by atoms with Crippen molar-refractivity contribution in [1.82, 2.24) is 9.97 Å². The molecular weight excluding hydrogens is 228 g/mol. The zero-order chi connectivity index (χ0) is 11.6. The van der Waals surface area contributed by atoms with Crippen molar-refractivity contribution in [2.45, 2.75) is 35.8 Å². The molecule has 1 fully saturated rings. The van der Waals surface area contributed by atoms with E-state index in [1.165, 1.54) is 12.4 Å². The van der Waals surface area contributed by atoms with Gasteiger partial charge in [-0.3, -0.25) is 0 Å². The summed E-state index contributed by atoms with van der Waals surface area (Å²) in [6.45, 7) is 0. The number of nitrogens with zero attached hydrogens (tertiary/aromatic N) is 2. The Labute approximate surface area is 94.8 Å². The molecule has 1 aliphatic rings. The van der Waals surface area contributed by atoms with Crippen LogP contribution >= 0.6 is 0 Å². The molecule has 16 heavy (non-hydrogen) atoms. The van der Waals surface area contributed by atoms with Crippen LogP contribution < -0.4 is 0 Å². The quantitative estimate of drug-likeness (QED) is 0.734. The van der Waals surface area contributed by atoms with E-state index in [1.807, 2.05) is 0 Å². The van der Waals surface area contributed by atoms with E-state index in [1.54, 1.807) is 13.2 Å². The molecule has 1 heterocycles. The molecule has 1 aliphatic carbocycles. The third-order valence-electron chi connectivity index (χ3n) is 2.89. The lowest BCUT2D eigenvalue weighted by Crippen LogP contribution is -2.31. The number of rotatable bonds is 3. The van der Waals surface area contributed by atoms with Crippen molar-refractivity contribution in [3.8, 4) is 0 Å². The molecule has 0 bridgehead atoms. The molecule has 5 nitrogen and oxygen atoms in total. The minimum absolute atomic E-state index is 0.0936. The maximum atomic E-state index is 12.2. The normalized spacial score (nSPS) is 25.8. The van der Waals surface area contributed by atoms with E-state index in [9.17, 15) is 8.42 Å². The van der Waals surface area contributed by atoms with Gasteiger partial charge in [0.1, 0.15) is 0 Å². The van der Waals surface area contributed by atoms with Crippen LogP contribution in [0.5, 0.6) is 0 Å². The fourth-order valence-electron chi connectivity index (χ4n) is 2.08. The van der Waals surface area contributed by atoms with Crippen molar-refractivity contribution < 1.29 is 13.2 Å². The first-order chi connectivity index (χ1) is 7.66. The van der Waals surface area contributed by atoms with Gasteiger partial charge in [-0.2, -0.15) is 0 Å². The fraction of sp³-hybridized carbons (Fsp3) is 0.600. The van der Waals surface area contributed by atoms with Gasteiger partial charge in [0.25, 0.3) is 0 Å². The molecule has 2 atom stereocenters. The smallest absolute Gasteiger partial charge is 0.247 e. The molecule has 0 radical (unpaired) electrons. The third-order valence-corrected chi connectivity index (χ3v) is 4.95. The molecule has 1 aromatic rings. The van der Waals surface area contributed by atoms with Gasteiger partial charge in [0.15, 0.2) is 0 Å². The van der Waals surface area contributed by atoms with Gasteiger partial charge in [0.2, 0.25) is 15.0 Å². The monoisotopic (exact) mass is 242 g/mol. The molecule has 0 spiro atoms. The molecule has 6 heteroatoms. The van der Waals surface area contributed by atoms with Crippen LogP contribution in [0.1, 0.15) is 19.3 Å². The molecule has 0 N–H and O–H groups in total. The largest absolute Gasteiger partial charge is 0.380 e. The van der Waals surface area contributed by atoms with Gasteiger partial charge in [-0.25, -0.2) is 18.4 Å². The van der Waals surface area contributed by atoms with Gasteiger partial charge in [0, 0.05) is 19.5 Å². The van der Waals surface area contributed by atoms with Gasteiger partial charge < -0.3 is 4.74 Å². The van der Waals surface area contributed by atoms with E-state index < -0.39 is 15.1 Å². The second-order valence-corrected chi connectivity index (χ2v) is 5.88. The highest BCUT2D eigenvalue weighted by molar-refractivity contribution is 7.91. The second-order valence-electron chi connectivity index (χ2n) is 3.82.